The number of thiocarbonyl (C=S) groups is 1. The molecule has 1 saturated heterocycles. The Bertz CT molecular complexity index is 285. The third-order valence-electron chi connectivity index (χ3n) is 3.54. The van der Waals surface area contributed by atoms with Gasteiger partial charge in [-0.1, -0.05) is 26.1 Å². The monoisotopic (exact) mass is 257 g/mol. The van der Waals surface area contributed by atoms with Gasteiger partial charge in [0.1, 0.15) is 0 Å². The maximum atomic E-state index is 11.9. The number of hydrogen-bond donors (Lipinski definition) is 1. The molecular formula is C12H23N3OS. The van der Waals surface area contributed by atoms with Crippen LogP contribution in [0.5, 0.6) is 0 Å². The van der Waals surface area contributed by atoms with Crippen LogP contribution in [0.1, 0.15) is 20.3 Å². The second kappa shape index (κ2) is 6.31. The smallest absolute Gasteiger partial charge is 0.236 e. The summed E-state index contributed by atoms with van der Waals surface area (Å²) in [6.07, 6.45) is 0.602. The maximum Gasteiger partial charge on any atom is 0.236 e. The van der Waals surface area contributed by atoms with Crippen LogP contribution in [0.3, 0.4) is 0 Å². The van der Waals surface area contributed by atoms with Gasteiger partial charge in [0.2, 0.25) is 5.91 Å². The Balaban J connectivity index is 2.31. The van der Waals surface area contributed by atoms with E-state index in [-0.39, 0.29) is 5.91 Å². The molecule has 2 N–H and O–H groups in total. The molecule has 1 aliphatic rings. The van der Waals surface area contributed by atoms with Gasteiger partial charge in [-0.15, -0.1) is 0 Å². The van der Waals surface area contributed by atoms with Crippen molar-refractivity contribution in [1.29, 1.82) is 0 Å². The number of amides is 1. The van der Waals surface area contributed by atoms with Gasteiger partial charge in [-0.05, 0) is 11.8 Å². The third-order valence-corrected chi connectivity index (χ3v) is 3.75. The maximum absolute atomic E-state index is 11.9. The molecule has 0 radical (unpaired) electrons. The van der Waals surface area contributed by atoms with Crippen molar-refractivity contribution in [1.82, 2.24) is 9.80 Å². The Morgan fingerprint density at radius 1 is 1.41 bits per heavy atom. The topological polar surface area (TPSA) is 49.6 Å². The van der Waals surface area contributed by atoms with Gasteiger partial charge in [0.25, 0.3) is 0 Å². The van der Waals surface area contributed by atoms with Gasteiger partial charge in [-0.2, -0.15) is 0 Å². The summed E-state index contributed by atoms with van der Waals surface area (Å²) in [5.74, 6) is 1.53. The zero-order valence-electron chi connectivity index (χ0n) is 11.0. The molecule has 1 amide bonds. The van der Waals surface area contributed by atoms with Crippen LogP contribution in [-0.4, -0.2) is 53.9 Å². The van der Waals surface area contributed by atoms with Crippen LogP contribution in [0.2, 0.25) is 0 Å². The van der Waals surface area contributed by atoms with Crippen LogP contribution >= 0.6 is 12.2 Å². The number of nitrogens with zero attached hydrogens (tertiary/aromatic N) is 2. The van der Waals surface area contributed by atoms with Gasteiger partial charge in [0.05, 0.1) is 11.5 Å². The number of likely N-dealkylation sites (N-methyl/N-ethyl adjacent to an activating group) is 1. The summed E-state index contributed by atoms with van der Waals surface area (Å²) in [6, 6.07) is 0. The molecule has 0 aromatic heterocycles. The lowest BCUT2D eigenvalue weighted by molar-refractivity contribution is -0.130. The van der Waals surface area contributed by atoms with Crippen molar-refractivity contribution in [2.75, 3.05) is 33.2 Å². The second-order valence-electron chi connectivity index (χ2n) is 5.18. The van der Waals surface area contributed by atoms with E-state index in [0.29, 0.717) is 36.3 Å². The molecule has 1 fully saturated rings. The molecule has 1 heterocycles. The van der Waals surface area contributed by atoms with E-state index in [9.17, 15) is 4.79 Å². The van der Waals surface area contributed by atoms with Crippen molar-refractivity contribution in [2.24, 2.45) is 17.6 Å². The fraction of sp³-hybridized carbons (Fsp3) is 0.833. The SMILES string of the molecule is CC1CN(CC(=O)N(C)CCC(N)=S)CC1C. The number of carbonyl (C=O) groups excluding carboxylic acids is 1. The first-order valence-corrected chi connectivity index (χ1v) is 6.55. The Morgan fingerprint density at radius 2 is 1.94 bits per heavy atom. The van der Waals surface area contributed by atoms with Gasteiger partial charge in [0, 0.05) is 33.1 Å². The van der Waals surface area contributed by atoms with Crippen LogP contribution in [0.25, 0.3) is 0 Å². The first-order chi connectivity index (χ1) is 7.90. The van der Waals surface area contributed by atoms with E-state index < -0.39 is 0 Å². The summed E-state index contributed by atoms with van der Waals surface area (Å²) < 4.78 is 0. The van der Waals surface area contributed by atoms with Gasteiger partial charge in [0.15, 0.2) is 0 Å². The van der Waals surface area contributed by atoms with Crippen molar-refractivity contribution in [2.45, 2.75) is 20.3 Å². The highest BCUT2D eigenvalue weighted by Gasteiger charge is 2.27. The number of rotatable bonds is 5. The lowest BCUT2D eigenvalue weighted by Gasteiger charge is -2.21. The molecule has 17 heavy (non-hydrogen) atoms. The summed E-state index contributed by atoms with van der Waals surface area (Å²) in [4.78, 5) is 16.3. The summed E-state index contributed by atoms with van der Waals surface area (Å²) in [7, 11) is 1.81. The van der Waals surface area contributed by atoms with E-state index in [1.54, 1.807) is 4.90 Å². The van der Waals surface area contributed by atoms with Crippen LogP contribution < -0.4 is 5.73 Å². The van der Waals surface area contributed by atoms with Gasteiger partial charge in [-0.3, -0.25) is 9.69 Å². The number of likely N-dealkylation sites (tertiary alicyclic amines) is 1. The van der Waals surface area contributed by atoms with Crippen LogP contribution in [0, 0.1) is 11.8 Å². The quantitative estimate of drug-likeness (QED) is 0.737. The van der Waals surface area contributed by atoms with E-state index in [2.05, 4.69) is 18.7 Å². The Kier molecular flexibility index (Phi) is 5.33. The molecule has 0 aliphatic carbocycles. The average molecular weight is 257 g/mol. The molecule has 0 aromatic carbocycles. The number of hydrogen-bond acceptors (Lipinski definition) is 3. The first kappa shape index (κ1) is 14.4. The van der Waals surface area contributed by atoms with Crippen molar-refractivity contribution in [3.8, 4) is 0 Å². The van der Waals surface area contributed by atoms with Gasteiger partial charge < -0.3 is 10.6 Å². The van der Waals surface area contributed by atoms with Crippen molar-refractivity contribution < 1.29 is 4.79 Å². The zero-order valence-corrected chi connectivity index (χ0v) is 11.8. The largest absolute Gasteiger partial charge is 0.393 e. The van der Waals surface area contributed by atoms with E-state index >= 15 is 0 Å². The zero-order chi connectivity index (χ0) is 13.0. The predicted octanol–water partition coefficient (Wildman–Crippen LogP) is 0.709. The van der Waals surface area contributed by atoms with Crippen molar-refractivity contribution >= 4 is 23.1 Å². The molecule has 4 nitrogen and oxygen atoms in total. The van der Waals surface area contributed by atoms with Crippen molar-refractivity contribution in [3.63, 3.8) is 0 Å². The third kappa shape index (κ3) is 4.60. The minimum absolute atomic E-state index is 0.155. The Labute approximate surface area is 109 Å². The van der Waals surface area contributed by atoms with Crippen LogP contribution in [-0.2, 0) is 4.79 Å². The first-order valence-electron chi connectivity index (χ1n) is 6.14. The fourth-order valence-electron chi connectivity index (χ4n) is 2.09. The Morgan fingerprint density at radius 3 is 2.41 bits per heavy atom. The minimum atomic E-state index is 0.155. The molecule has 5 heteroatoms. The molecule has 0 aromatic rings. The summed E-state index contributed by atoms with van der Waals surface area (Å²) in [5.41, 5.74) is 5.42. The Hall–Kier alpha value is -0.680. The highest BCUT2D eigenvalue weighted by molar-refractivity contribution is 7.80. The van der Waals surface area contributed by atoms with E-state index in [1.807, 2.05) is 7.05 Å². The van der Waals surface area contributed by atoms with Crippen LogP contribution in [0.4, 0.5) is 0 Å². The second-order valence-corrected chi connectivity index (χ2v) is 5.70. The van der Waals surface area contributed by atoms with Gasteiger partial charge in [-0.25, -0.2) is 0 Å². The molecule has 1 aliphatic heterocycles. The molecule has 2 atom stereocenters. The lowest BCUT2D eigenvalue weighted by atomic mass is 10.0. The van der Waals surface area contributed by atoms with E-state index in [0.717, 1.165) is 13.1 Å². The predicted molar refractivity (Wildman–Crippen MR) is 73.8 cm³/mol. The number of carbonyl (C=O) groups is 1. The fourth-order valence-corrected chi connectivity index (χ4v) is 2.18. The molecule has 0 bridgehead atoms. The molecular weight excluding hydrogens is 234 g/mol. The average Bonchev–Trinajstić information content (AvgIpc) is 2.54. The molecule has 0 spiro atoms. The number of nitrogens with two attached hydrogens (primary N) is 1. The van der Waals surface area contributed by atoms with E-state index in [4.69, 9.17) is 18.0 Å². The molecule has 2 unspecified atom stereocenters. The van der Waals surface area contributed by atoms with Gasteiger partial charge >= 0.3 is 0 Å². The highest BCUT2D eigenvalue weighted by atomic mass is 32.1. The summed E-state index contributed by atoms with van der Waals surface area (Å²) in [5, 5.41) is 0. The summed E-state index contributed by atoms with van der Waals surface area (Å²) >= 11 is 4.80. The highest BCUT2D eigenvalue weighted by Crippen LogP contribution is 2.21. The minimum Gasteiger partial charge on any atom is -0.393 e. The van der Waals surface area contributed by atoms with E-state index in [1.165, 1.54) is 0 Å². The van der Waals surface area contributed by atoms with Crippen molar-refractivity contribution in [3.05, 3.63) is 0 Å². The molecule has 98 valence electrons. The summed E-state index contributed by atoms with van der Waals surface area (Å²) in [6.45, 7) is 7.67. The lowest BCUT2D eigenvalue weighted by Crippen LogP contribution is -2.38. The van der Waals surface area contributed by atoms with Crippen LogP contribution in [0.15, 0.2) is 0 Å². The standard InChI is InChI=1S/C12H23N3OS/c1-9-6-15(7-10(9)2)8-12(16)14(3)5-4-11(13)17/h9-10H,4-8H2,1-3H3,(H2,13,17). The molecule has 1 rings (SSSR count). The normalized spacial score (nSPS) is 24.9. The molecule has 0 saturated carbocycles.